The van der Waals surface area contributed by atoms with Crippen LogP contribution >= 0.6 is 0 Å². The van der Waals surface area contributed by atoms with Crippen LogP contribution in [0.5, 0.6) is 0 Å². The number of carbonyl (C=O) groups is 1. The second-order valence-corrected chi connectivity index (χ2v) is 6.38. The van der Waals surface area contributed by atoms with Crippen molar-refractivity contribution in [2.24, 2.45) is 0 Å². The first-order chi connectivity index (χ1) is 8.64. The zero-order valence-corrected chi connectivity index (χ0v) is 12.7. The van der Waals surface area contributed by atoms with Crippen molar-refractivity contribution in [1.29, 1.82) is 0 Å². The van der Waals surface area contributed by atoms with Gasteiger partial charge in [0.2, 0.25) is 0 Å². The lowest BCUT2D eigenvalue weighted by molar-refractivity contribution is -0.137. The van der Waals surface area contributed by atoms with Crippen LogP contribution in [0, 0.1) is 0 Å². The van der Waals surface area contributed by atoms with Crippen molar-refractivity contribution in [3.8, 4) is 0 Å². The Morgan fingerprint density at radius 2 is 1.83 bits per heavy atom. The maximum atomic E-state index is 11.1. The van der Waals surface area contributed by atoms with Gasteiger partial charge in [-0.25, -0.2) is 4.79 Å². The van der Waals surface area contributed by atoms with Crippen LogP contribution in [0.4, 0.5) is 0 Å². The second kappa shape index (κ2) is 10.2. The van der Waals surface area contributed by atoms with Gasteiger partial charge < -0.3 is 18.0 Å². The van der Waals surface area contributed by atoms with Crippen molar-refractivity contribution in [3.63, 3.8) is 0 Å². The van der Waals surface area contributed by atoms with Gasteiger partial charge in [0, 0.05) is 32.4 Å². The number of ether oxygens (including phenoxy) is 1. The highest BCUT2D eigenvalue weighted by Gasteiger charge is 2.38. The summed E-state index contributed by atoms with van der Waals surface area (Å²) >= 11 is 0. The van der Waals surface area contributed by atoms with Crippen LogP contribution in [0.25, 0.3) is 0 Å². The van der Waals surface area contributed by atoms with Gasteiger partial charge in [-0.05, 0) is 27.2 Å². The SMILES string of the molecule is CC=CC(=O)OCCC[Si](OC)(OCC)OCC. The molecule has 0 aromatic rings. The fourth-order valence-electron chi connectivity index (χ4n) is 1.49. The first-order valence-corrected chi connectivity index (χ1v) is 8.19. The smallest absolute Gasteiger partial charge is 0.463 e. The molecule has 0 bridgehead atoms. The molecule has 106 valence electrons. The second-order valence-electron chi connectivity index (χ2n) is 3.52. The van der Waals surface area contributed by atoms with E-state index >= 15 is 0 Å². The summed E-state index contributed by atoms with van der Waals surface area (Å²) in [5, 5.41) is 0. The van der Waals surface area contributed by atoms with Gasteiger partial charge in [0.25, 0.3) is 0 Å². The molecule has 0 amide bonds. The molecule has 0 saturated heterocycles. The standard InChI is InChI=1S/C12H24O5Si/c1-5-9-12(13)15-10-8-11-18(14-4,16-6-2)17-7-3/h5,9H,6-8,10-11H2,1-4H3. The van der Waals surface area contributed by atoms with Crippen LogP contribution in [0.3, 0.4) is 0 Å². The molecule has 0 aliphatic carbocycles. The number of esters is 1. The van der Waals surface area contributed by atoms with Crippen molar-refractivity contribution in [3.05, 3.63) is 12.2 Å². The molecule has 5 nitrogen and oxygen atoms in total. The third-order valence-electron chi connectivity index (χ3n) is 2.21. The van der Waals surface area contributed by atoms with Crippen molar-refractivity contribution < 1.29 is 22.8 Å². The van der Waals surface area contributed by atoms with Gasteiger partial charge in [0.15, 0.2) is 0 Å². The van der Waals surface area contributed by atoms with Crippen LogP contribution < -0.4 is 0 Å². The Morgan fingerprint density at radius 1 is 1.22 bits per heavy atom. The minimum atomic E-state index is -2.57. The molecule has 0 fully saturated rings. The minimum Gasteiger partial charge on any atom is -0.463 e. The van der Waals surface area contributed by atoms with Crippen LogP contribution in [0.15, 0.2) is 12.2 Å². The van der Waals surface area contributed by atoms with E-state index < -0.39 is 8.80 Å². The van der Waals surface area contributed by atoms with E-state index in [4.69, 9.17) is 18.0 Å². The number of hydrogen-bond donors (Lipinski definition) is 0. The van der Waals surface area contributed by atoms with Crippen molar-refractivity contribution in [1.82, 2.24) is 0 Å². The Morgan fingerprint density at radius 3 is 2.28 bits per heavy atom. The molecule has 0 spiro atoms. The van der Waals surface area contributed by atoms with E-state index in [-0.39, 0.29) is 5.97 Å². The van der Waals surface area contributed by atoms with E-state index in [1.54, 1.807) is 20.1 Å². The lowest BCUT2D eigenvalue weighted by Gasteiger charge is -2.26. The number of carbonyl (C=O) groups excluding carboxylic acids is 1. The molecule has 0 saturated carbocycles. The maximum Gasteiger partial charge on any atom is 0.500 e. The van der Waals surface area contributed by atoms with Crippen LogP contribution in [-0.4, -0.2) is 41.7 Å². The summed E-state index contributed by atoms with van der Waals surface area (Å²) < 4.78 is 21.6. The highest BCUT2D eigenvalue weighted by molar-refractivity contribution is 6.60. The average Bonchev–Trinajstić information content (AvgIpc) is 2.35. The molecule has 0 aliphatic heterocycles. The van der Waals surface area contributed by atoms with E-state index in [0.717, 1.165) is 0 Å². The van der Waals surface area contributed by atoms with Crippen molar-refractivity contribution in [2.45, 2.75) is 33.2 Å². The Kier molecular flexibility index (Phi) is 9.86. The van der Waals surface area contributed by atoms with Crippen LogP contribution in [0.2, 0.25) is 6.04 Å². The predicted molar refractivity (Wildman–Crippen MR) is 71.2 cm³/mol. The van der Waals surface area contributed by atoms with E-state index in [0.29, 0.717) is 32.3 Å². The van der Waals surface area contributed by atoms with Crippen molar-refractivity contribution in [2.75, 3.05) is 26.9 Å². The van der Waals surface area contributed by atoms with E-state index in [2.05, 4.69) is 0 Å². The normalized spacial score (nSPS) is 12.0. The first-order valence-electron chi connectivity index (χ1n) is 6.26. The Labute approximate surface area is 110 Å². The number of hydrogen-bond acceptors (Lipinski definition) is 5. The average molecular weight is 276 g/mol. The van der Waals surface area contributed by atoms with Gasteiger partial charge in [-0.15, -0.1) is 0 Å². The summed E-state index contributed by atoms with van der Waals surface area (Å²) in [4.78, 5) is 11.1. The molecule has 0 aromatic carbocycles. The molecule has 0 unspecified atom stereocenters. The summed E-state index contributed by atoms with van der Waals surface area (Å²) in [6.07, 6.45) is 3.71. The fourth-order valence-corrected chi connectivity index (χ4v) is 3.76. The molecule has 0 atom stereocenters. The highest BCUT2D eigenvalue weighted by atomic mass is 28.4. The zero-order chi connectivity index (χ0) is 13.9. The van der Waals surface area contributed by atoms with Gasteiger partial charge in [-0.1, -0.05) is 6.08 Å². The van der Waals surface area contributed by atoms with Gasteiger partial charge in [0.05, 0.1) is 6.61 Å². The topological polar surface area (TPSA) is 54.0 Å². The highest BCUT2D eigenvalue weighted by Crippen LogP contribution is 2.17. The first kappa shape index (κ1) is 17.3. The molecular formula is C12H24O5Si. The predicted octanol–water partition coefficient (Wildman–Crippen LogP) is 2.15. The van der Waals surface area contributed by atoms with Gasteiger partial charge in [-0.2, -0.15) is 0 Å². The molecule has 18 heavy (non-hydrogen) atoms. The van der Waals surface area contributed by atoms with Gasteiger partial charge in [-0.3, -0.25) is 0 Å². The lowest BCUT2D eigenvalue weighted by atomic mass is 10.5. The van der Waals surface area contributed by atoms with Gasteiger partial charge in [0.1, 0.15) is 0 Å². The van der Waals surface area contributed by atoms with E-state index in [1.165, 1.54) is 6.08 Å². The zero-order valence-electron chi connectivity index (χ0n) is 11.7. The maximum absolute atomic E-state index is 11.1. The Hall–Kier alpha value is -0.693. The molecule has 0 aliphatic rings. The van der Waals surface area contributed by atoms with E-state index in [1.807, 2.05) is 13.8 Å². The summed E-state index contributed by atoms with van der Waals surface area (Å²) in [5.74, 6) is -0.324. The van der Waals surface area contributed by atoms with Crippen LogP contribution in [-0.2, 0) is 22.8 Å². The van der Waals surface area contributed by atoms with Crippen LogP contribution in [0.1, 0.15) is 27.2 Å². The molecule has 0 radical (unpaired) electrons. The summed E-state index contributed by atoms with van der Waals surface area (Å²) in [7, 11) is -0.969. The Balaban J connectivity index is 4.06. The third-order valence-corrected chi connectivity index (χ3v) is 5.26. The molecule has 0 rings (SSSR count). The summed E-state index contributed by atoms with van der Waals surface area (Å²) in [6.45, 7) is 7.05. The van der Waals surface area contributed by atoms with Gasteiger partial charge >= 0.3 is 14.8 Å². The van der Waals surface area contributed by atoms with E-state index in [9.17, 15) is 4.79 Å². The fraction of sp³-hybridized carbons (Fsp3) is 0.750. The molecular weight excluding hydrogens is 252 g/mol. The van der Waals surface area contributed by atoms with Crippen molar-refractivity contribution >= 4 is 14.8 Å². The molecule has 0 aromatic heterocycles. The molecule has 0 N–H and O–H groups in total. The quantitative estimate of drug-likeness (QED) is 0.265. The number of allylic oxidation sites excluding steroid dienone is 1. The molecule has 0 heterocycles. The number of rotatable bonds is 10. The monoisotopic (exact) mass is 276 g/mol. The summed E-state index contributed by atoms with van der Waals surface area (Å²) in [5.41, 5.74) is 0. The largest absolute Gasteiger partial charge is 0.500 e. The molecule has 6 heteroatoms. The third kappa shape index (κ3) is 6.90. The summed E-state index contributed by atoms with van der Waals surface area (Å²) in [6, 6.07) is 0.647. The Bertz CT molecular complexity index is 249. The minimum absolute atomic E-state index is 0.324. The lowest BCUT2D eigenvalue weighted by Crippen LogP contribution is -2.45.